The first-order valence-corrected chi connectivity index (χ1v) is 11.2. The molecule has 30 heavy (non-hydrogen) atoms. The number of hydrogen-bond donors (Lipinski definition) is 2. The third-order valence-electron chi connectivity index (χ3n) is 5.47. The van der Waals surface area contributed by atoms with Gasteiger partial charge in [-0.15, -0.1) is 24.0 Å². The highest BCUT2D eigenvalue weighted by atomic mass is 127. The third-order valence-corrected chi connectivity index (χ3v) is 5.47. The van der Waals surface area contributed by atoms with Crippen molar-refractivity contribution < 1.29 is 4.79 Å². The van der Waals surface area contributed by atoms with Crippen LogP contribution in [0.3, 0.4) is 0 Å². The Morgan fingerprint density at radius 2 is 1.90 bits per heavy atom. The first-order valence-electron chi connectivity index (χ1n) is 11.2. The summed E-state index contributed by atoms with van der Waals surface area (Å²) < 4.78 is 0. The summed E-state index contributed by atoms with van der Waals surface area (Å²) in [6.45, 7) is 14.4. The maximum Gasteiger partial charge on any atom is 0.227 e. The van der Waals surface area contributed by atoms with Gasteiger partial charge < -0.3 is 20.4 Å². The lowest BCUT2D eigenvalue weighted by Gasteiger charge is -2.21. The Labute approximate surface area is 199 Å². The largest absolute Gasteiger partial charge is 0.357 e. The Kier molecular flexibility index (Phi) is 13.0. The molecule has 6 nitrogen and oxygen atoms in total. The quantitative estimate of drug-likeness (QED) is 0.259. The zero-order chi connectivity index (χ0) is 21.1. The molecule has 1 aliphatic rings. The molecule has 170 valence electrons. The average molecular weight is 530 g/mol. The lowest BCUT2D eigenvalue weighted by molar-refractivity contribution is -0.117. The highest BCUT2D eigenvalue weighted by molar-refractivity contribution is 14.0. The molecule has 7 heteroatoms. The maximum atomic E-state index is 11.9. The number of benzene rings is 1. The molecule has 1 amide bonds. The predicted molar refractivity (Wildman–Crippen MR) is 138 cm³/mol. The van der Waals surface area contributed by atoms with Gasteiger partial charge in [0.15, 0.2) is 5.96 Å². The van der Waals surface area contributed by atoms with Crippen molar-refractivity contribution >= 4 is 41.5 Å². The monoisotopic (exact) mass is 529 g/mol. The van der Waals surface area contributed by atoms with Gasteiger partial charge in [0.2, 0.25) is 5.91 Å². The Morgan fingerprint density at radius 1 is 1.20 bits per heavy atom. The van der Waals surface area contributed by atoms with E-state index < -0.39 is 0 Å². The van der Waals surface area contributed by atoms with Crippen LogP contribution < -0.4 is 15.5 Å². The molecule has 0 spiro atoms. The molecule has 0 aromatic heterocycles. The van der Waals surface area contributed by atoms with Crippen LogP contribution in [0, 0.1) is 0 Å². The number of carbonyl (C=O) groups excluding carboxylic acids is 1. The van der Waals surface area contributed by atoms with E-state index in [9.17, 15) is 4.79 Å². The summed E-state index contributed by atoms with van der Waals surface area (Å²) in [5, 5.41) is 6.87. The fourth-order valence-corrected chi connectivity index (χ4v) is 3.66. The topological polar surface area (TPSA) is 60.0 Å². The van der Waals surface area contributed by atoms with Crippen molar-refractivity contribution in [3.63, 3.8) is 0 Å². The number of halogens is 1. The molecule has 1 unspecified atom stereocenters. The Morgan fingerprint density at radius 3 is 2.47 bits per heavy atom. The molecular formula is C23H40IN5O. The molecule has 0 saturated carbocycles. The van der Waals surface area contributed by atoms with Crippen molar-refractivity contribution in [2.75, 3.05) is 37.6 Å². The van der Waals surface area contributed by atoms with Gasteiger partial charge in [0.1, 0.15) is 0 Å². The van der Waals surface area contributed by atoms with Crippen LogP contribution in [0.4, 0.5) is 5.69 Å². The molecule has 1 aromatic carbocycles. The number of amides is 1. The van der Waals surface area contributed by atoms with Crippen molar-refractivity contribution in [2.24, 2.45) is 4.99 Å². The van der Waals surface area contributed by atoms with Crippen molar-refractivity contribution in [2.45, 2.75) is 66.0 Å². The van der Waals surface area contributed by atoms with Crippen LogP contribution in [0.25, 0.3) is 0 Å². The summed E-state index contributed by atoms with van der Waals surface area (Å²) in [7, 11) is 0. The third kappa shape index (κ3) is 8.79. The Bertz CT molecular complexity index is 645. The number of anilines is 1. The molecule has 1 aromatic rings. The molecule has 0 bridgehead atoms. The standard InChI is InChI=1S/C23H39N5O.HI/c1-5-24-23(26-19(4)10-8-16-27(6-2)7-3)25-18-20-12-14-21(15-13-20)28-17-9-11-22(28)29;/h12-15,19H,5-11,16-18H2,1-4H3,(H2,24,25,26);1H. The first-order chi connectivity index (χ1) is 14.1. The van der Waals surface area contributed by atoms with Gasteiger partial charge in [0.05, 0.1) is 6.54 Å². The van der Waals surface area contributed by atoms with Crippen molar-refractivity contribution in [1.29, 1.82) is 0 Å². The van der Waals surface area contributed by atoms with E-state index in [1.165, 1.54) is 6.42 Å². The van der Waals surface area contributed by atoms with Crippen LogP contribution in [0.15, 0.2) is 29.3 Å². The molecule has 1 saturated heterocycles. The molecule has 1 heterocycles. The van der Waals surface area contributed by atoms with E-state index in [1.807, 2.05) is 17.0 Å². The van der Waals surface area contributed by atoms with Crippen molar-refractivity contribution in [1.82, 2.24) is 15.5 Å². The smallest absolute Gasteiger partial charge is 0.227 e. The van der Waals surface area contributed by atoms with Gasteiger partial charge >= 0.3 is 0 Å². The predicted octanol–water partition coefficient (Wildman–Crippen LogP) is 4.00. The molecule has 1 fully saturated rings. The van der Waals surface area contributed by atoms with Gasteiger partial charge in [0, 0.05) is 31.2 Å². The fourth-order valence-electron chi connectivity index (χ4n) is 3.66. The van der Waals surface area contributed by atoms with Gasteiger partial charge in [0.25, 0.3) is 0 Å². The number of guanidine groups is 1. The average Bonchev–Trinajstić information content (AvgIpc) is 3.16. The highest BCUT2D eigenvalue weighted by Crippen LogP contribution is 2.21. The van der Waals surface area contributed by atoms with Crippen LogP contribution in [0.1, 0.15) is 58.9 Å². The first kappa shape index (κ1) is 26.7. The minimum Gasteiger partial charge on any atom is -0.357 e. The number of nitrogens with zero attached hydrogens (tertiary/aromatic N) is 3. The Balaban J connectivity index is 0.00000450. The number of hydrogen-bond acceptors (Lipinski definition) is 3. The fraction of sp³-hybridized carbons (Fsp3) is 0.652. The molecule has 0 aliphatic carbocycles. The summed E-state index contributed by atoms with van der Waals surface area (Å²) in [5.74, 6) is 1.09. The van der Waals surface area contributed by atoms with Crippen molar-refractivity contribution in [3.8, 4) is 0 Å². The minimum absolute atomic E-state index is 0. The van der Waals surface area contributed by atoms with Gasteiger partial charge in [-0.3, -0.25) is 4.79 Å². The lowest BCUT2D eigenvalue weighted by Crippen LogP contribution is -2.42. The van der Waals surface area contributed by atoms with Crippen LogP contribution in [-0.4, -0.2) is 55.5 Å². The zero-order valence-corrected chi connectivity index (χ0v) is 21.4. The van der Waals surface area contributed by atoms with Gasteiger partial charge in [-0.2, -0.15) is 0 Å². The van der Waals surface area contributed by atoms with Gasteiger partial charge in [-0.05, 0) is 70.4 Å². The molecule has 2 rings (SSSR count). The molecule has 2 N–H and O–H groups in total. The highest BCUT2D eigenvalue weighted by Gasteiger charge is 2.21. The van der Waals surface area contributed by atoms with E-state index in [2.05, 4.69) is 55.4 Å². The van der Waals surface area contributed by atoms with Gasteiger partial charge in [-0.1, -0.05) is 26.0 Å². The SMILES string of the molecule is CCNC(=NCc1ccc(N2CCCC2=O)cc1)NC(C)CCCN(CC)CC.I. The van der Waals surface area contributed by atoms with E-state index >= 15 is 0 Å². The molecule has 1 aliphatic heterocycles. The van der Waals surface area contributed by atoms with Crippen LogP contribution >= 0.6 is 24.0 Å². The normalized spacial score (nSPS) is 15.3. The number of carbonyl (C=O) groups is 1. The second kappa shape index (κ2) is 14.6. The minimum atomic E-state index is 0. The van der Waals surface area contributed by atoms with E-state index in [0.717, 1.165) is 62.8 Å². The van der Waals surface area contributed by atoms with E-state index in [4.69, 9.17) is 4.99 Å². The van der Waals surface area contributed by atoms with Gasteiger partial charge in [-0.25, -0.2) is 4.99 Å². The summed E-state index contributed by atoms with van der Waals surface area (Å²) in [6.07, 6.45) is 3.93. The van der Waals surface area contributed by atoms with Crippen LogP contribution in [-0.2, 0) is 11.3 Å². The molecular weight excluding hydrogens is 489 g/mol. The summed E-state index contributed by atoms with van der Waals surface area (Å²) in [5.41, 5.74) is 2.14. The maximum absolute atomic E-state index is 11.9. The summed E-state index contributed by atoms with van der Waals surface area (Å²) in [4.78, 5) is 21.0. The summed E-state index contributed by atoms with van der Waals surface area (Å²) >= 11 is 0. The zero-order valence-electron chi connectivity index (χ0n) is 19.1. The Hall–Kier alpha value is -1.35. The van der Waals surface area contributed by atoms with E-state index in [1.54, 1.807) is 0 Å². The number of aliphatic imine (C=N–C) groups is 1. The van der Waals surface area contributed by atoms with E-state index in [-0.39, 0.29) is 29.9 Å². The summed E-state index contributed by atoms with van der Waals surface area (Å²) in [6, 6.07) is 8.59. The van der Waals surface area contributed by atoms with Crippen LogP contribution in [0.2, 0.25) is 0 Å². The molecule has 1 atom stereocenters. The molecule has 0 radical (unpaired) electrons. The van der Waals surface area contributed by atoms with Crippen molar-refractivity contribution in [3.05, 3.63) is 29.8 Å². The number of rotatable bonds is 11. The van der Waals surface area contributed by atoms with Crippen LogP contribution in [0.5, 0.6) is 0 Å². The second-order valence-corrected chi connectivity index (χ2v) is 7.73. The van der Waals surface area contributed by atoms with E-state index in [0.29, 0.717) is 19.0 Å². The second-order valence-electron chi connectivity index (χ2n) is 7.73. The lowest BCUT2D eigenvalue weighted by atomic mass is 10.2. The number of nitrogens with one attached hydrogen (secondary N) is 2.